The lowest BCUT2D eigenvalue weighted by molar-refractivity contribution is 0.0134. The zero-order valence-corrected chi connectivity index (χ0v) is 15.1. The molecule has 0 N–H and O–H groups in total. The molecular formula is C11H26O5S2Si. The van der Waals surface area contributed by atoms with Crippen LogP contribution < -0.4 is 0 Å². The quantitative estimate of drug-likeness (QED) is 0.542. The lowest BCUT2D eigenvalue weighted by Gasteiger charge is -2.28. The van der Waals surface area contributed by atoms with Crippen LogP contribution in [0.5, 0.6) is 0 Å². The van der Waals surface area contributed by atoms with Crippen molar-refractivity contribution >= 4 is 29.0 Å². The Hall–Kier alpha value is 0.427. The maximum Gasteiger partial charge on any atom is 0.693 e. The normalized spacial score (nSPS) is 17.1. The number of hydrogen-bond donors (Lipinski definition) is 0. The predicted octanol–water partition coefficient (Wildman–Crippen LogP) is 2.40. The fourth-order valence-corrected chi connectivity index (χ4v) is 6.75. The Morgan fingerprint density at radius 2 is 1.47 bits per heavy atom. The summed E-state index contributed by atoms with van der Waals surface area (Å²) in [6.45, 7) is 10.3. The van der Waals surface area contributed by atoms with E-state index in [9.17, 15) is 4.21 Å². The summed E-state index contributed by atoms with van der Waals surface area (Å²) in [6.07, 6.45) is 1.63. The molecule has 0 amide bonds. The first-order valence-electron chi connectivity index (χ1n) is 6.73. The SMILES string of the molecule is CCCC(C)S(=O)(=S)O[Si](OCC)(OCC)OCC. The van der Waals surface area contributed by atoms with Crippen LogP contribution in [0.15, 0.2) is 0 Å². The molecule has 0 aromatic rings. The van der Waals surface area contributed by atoms with Gasteiger partial charge < -0.3 is 13.3 Å². The minimum absolute atomic E-state index is 0.235. The van der Waals surface area contributed by atoms with Gasteiger partial charge in [-0.05, 0) is 34.1 Å². The summed E-state index contributed by atoms with van der Waals surface area (Å²) < 4.78 is 34.6. The highest BCUT2D eigenvalue weighted by Crippen LogP contribution is 2.20. The van der Waals surface area contributed by atoms with Gasteiger partial charge in [-0.2, -0.15) is 0 Å². The van der Waals surface area contributed by atoms with Gasteiger partial charge in [0.1, 0.15) is 8.77 Å². The maximum absolute atomic E-state index is 12.5. The largest absolute Gasteiger partial charge is 0.693 e. The molecule has 0 bridgehead atoms. The van der Waals surface area contributed by atoms with Crippen molar-refractivity contribution in [1.82, 2.24) is 0 Å². The van der Waals surface area contributed by atoms with Gasteiger partial charge >= 0.3 is 9.05 Å². The molecule has 0 aromatic carbocycles. The smallest absolute Gasteiger partial charge is 0.351 e. The molecule has 0 aliphatic rings. The van der Waals surface area contributed by atoms with Crippen LogP contribution in [0.1, 0.15) is 47.5 Å². The molecule has 8 heteroatoms. The lowest BCUT2D eigenvalue weighted by atomic mass is 10.3. The molecule has 0 aromatic heterocycles. The average Bonchev–Trinajstić information content (AvgIpc) is 2.29. The zero-order valence-electron chi connectivity index (χ0n) is 12.5. The van der Waals surface area contributed by atoms with Gasteiger partial charge in [-0.15, -0.1) is 0 Å². The van der Waals surface area contributed by atoms with Crippen molar-refractivity contribution in [3.8, 4) is 0 Å². The molecule has 0 fully saturated rings. The second kappa shape index (κ2) is 9.38. The molecule has 2 unspecified atom stereocenters. The van der Waals surface area contributed by atoms with E-state index in [1.165, 1.54) is 0 Å². The molecule has 0 rings (SSSR count). The summed E-state index contributed by atoms with van der Waals surface area (Å²) in [5.74, 6) is 0. The first-order valence-corrected chi connectivity index (χ1v) is 10.8. The molecule has 5 nitrogen and oxygen atoms in total. The van der Waals surface area contributed by atoms with E-state index in [0.29, 0.717) is 19.8 Å². The van der Waals surface area contributed by atoms with Crippen molar-refractivity contribution in [2.75, 3.05) is 19.8 Å². The van der Waals surface area contributed by atoms with Crippen molar-refractivity contribution in [2.45, 2.75) is 52.7 Å². The minimum atomic E-state index is -3.40. The van der Waals surface area contributed by atoms with E-state index in [4.69, 9.17) is 28.3 Å². The Morgan fingerprint density at radius 3 is 1.79 bits per heavy atom. The van der Waals surface area contributed by atoms with Crippen molar-refractivity contribution < 1.29 is 21.4 Å². The van der Waals surface area contributed by atoms with Gasteiger partial charge in [-0.25, -0.2) is 4.21 Å². The molecular weight excluding hydrogens is 304 g/mol. The van der Waals surface area contributed by atoms with Gasteiger partial charge in [0.2, 0.25) is 0 Å². The van der Waals surface area contributed by atoms with Gasteiger partial charge in [0, 0.05) is 31.0 Å². The molecule has 2 atom stereocenters. The summed E-state index contributed by atoms with van der Waals surface area (Å²) in [5, 5.41) is -0.235. The van der Waals surface area contributed by atoms with E-state index in [0.717, 1.165) is 12.8 Å². The van der Waals surface area contributed by atoms with E-state index in [-0.39, 0.29) is 5.25 Å². The second-order valence-electron chi connectivity index (χ2n) is 3.97. The van der Waals surface area contributed by atoms with Crippen molar-refractivity contribution in [3.05, 3.63) is 0 Å². The second-order valence-corrected chi connectivity index (χ2v) is 9.69. The van der Waals surface area contributed by atoms with Crippen LogP contribution in [0.25, 0.3) is 0 Å². The highest BCUT2D eigenvalue weighted by Gasteiger charge is 2.49. The minimum Gasteiger partial charge on any atom is -0.351 e. The molecule has 0 aliphatic carbocycles. The van der Waals surface area contributed by atoms with E-state index in [1.807, 2.05) is 34.6 Å². The van der Waals surface area contributed by atoms with Crippen LogP contribution in [-0.2, 0) is 37.1 Å². The first kappa shape index (κ1) is 19.4. The van der Waals surface area contributed by atoms with Crippen LogP contribution in [0.3, 0.4) is 0 Å². The molecule has 0 spiro atoms. The van der Waals surface area contributed by atoms with Gasteiger partial charge in [-0.1, -0.05) is 13.3 Å². The molecule has 0 saturated heterocycles. The van der Waals surface area contributed by atoms with E-state index >= 15 is 0 Å². The van der Waals surface area contributed by atoms with Crippen LogP contribution in [0.4, 0.5) is 0 Å². The average molecular weight is 331 g/mol. The molecule has 0 radical (unpaired) electrons. The Balaban J connectivity index is 5.06. The molecule has 0 saturated carbocycles. The molecule has 0 aliphatic heterocycles. The Kier molecular flexibility index (Phi) is 9.59. The van der Waals surface area contributed by atoms with E-state index < -0.39 is 17.8 Å². The lowest BCUT2D eigenvalue weighted by Crippen LogP contribution is -2.51. The van der Waals surface area contributed by atoms with Gasteiger partial charge in [-0.3, -0.25) is 3.87 Å². The molecule has 19 heavy (non-hydrogen) atoms. The van der Waals surface area contributed by atoms with Crippen LogP contribution in [0, 0.1) is 0 Å². The summed E-state index contributed by atoms with van der Waals surface area (Å²) in [6, 6.07) is 0. The van der Waals surface area contributed by atoms with Crippen LogP contribution in [0.2, 0.25) is 0 Å². The summed E-state index contributed by atoms with van der Waals surface area (Å²) in [5.41, 5.74) is 0. The molecule has 116 valence electrons. The standard InChI is InChI=1S/C11H26O5S2Si/c1-6-10-11(5)18(12,17)16-19(13-7-2,14-8-3)15-9-4/h11H,6-10H2,1-5H3. The summed E-state index contributed by atoms with van der Waals surface area (Å²) in [7, 11) is -6.33. The number of hydrogen-bond acceptors (Lipinski definition) is 6. The van der Waals surface area contributed by atoms with Crippen molar-refractivity contribution in [3.63, 3.8) is 0 Å². The first-order chi connectivity index (χ1) is 8.87. The Bertz CT molecular complexity index is 317. The van der Waals surface area contributed by atoms with Crippen molar-refractivity contribution in [1.29, 1.82) is 0 Å². The Morgan fingerprint density at radius 1 is 1.05 bits per heavy atom. The fourth-order valence-electron chi connectivity index (χ4n) is 1.50. The Labute approximate surface area is 123 Å². The van der Waals surface area contributed by atoms with Crippen molar-refractivity contribution in [2.24, 2.45) is 0 Å². The van der Waals surface area contributed by atoms with Gasteiger partial charge in [0.05, 0.1) is 5.25 Å². The molecule has 0 heterocycles. The predicted molar refractivity (Wildman–Crippen MR) is 81.6 cm³/mol. The van der Waals surface area contributed by atoms with Gasteiger partial charge in [0.15, 0.2) is 0 Å². The maximum atomic E-state index is 12.5. The number of rotatable bonds is 11. The third kappa shape index (κ3) is 6.61. The highest BCUT2D eigenvalue weighted by molar-refractivity contribution is 8.30. The van der Waals surface area contributed by atoms with Gasteiger partial charge in [0.25, 0.3) is 0 Å². The summed E-state index contributed by atoms with van der Waals surface area (Å²) >= 11 is 5.12. The monoisotopic (exact) mass is 330 g/mol. The fraction of sp³-hybridized carbons (Fsp3) is 1.00. The summed E-state index contributed by atoms with van der Waals surface area (Å²) in [4.78, 5) is 0. The third-order valence-corrected chi connectivity index (χ3v) is 8.86. The van der Waals surface area contributed by atoms with E-state index in [1.54, 1.807) is 0 Å². The third-order valence-electron chi connectivity index (χ3n) is 2.37. The van der Waals surface area contributed by atoms with E-state index in [2.05, 4.69) is 0 Å². The zero-order chi connectivity index (χ0) is 14.9. The van der Waals surface area contributed by atoms with Crippen LogP contribution >= 0.6 is 0 Å². The highest BCUT2D eigenvalue weighted by atomic mass is 32.8. The van der Waals surface area contributed by atoms with Crippen LogP contribution in [-0.4, -0.2) is 38.3 Å². The topological polar surface area (TPSA) is 54.0 Å².